The molecule has 0 spiro atoms. The Bertz CT molecular complexity index is 183. The van der Waals surface area contributed by atoms with E-state index >= 15 is 0 Å². The summed E-state index contributed by atoms with van der Waals surface area (Å²) in [5.74, 6) is 0.479. The summed E-state index contributed by atoms with van der Waals surface area (Å²) in [6.45, 7) is 9.94. The third kappa shape index (κ3) is 8.68. The molecule has 0 saturated heterocycles. The third-order valence-corrected chi connectivity index (χ3v) is 2.17. The van der Waals surface area contributed by atoms with Gasteiger partial charge < -0.3 is 14.4 Å². The van der Waals surface area contributed by atoms with Crippen LogP contribution < -0.4 is 0 Å². The van der Waals surface area contributed by atoms with Crippen LogP contribution in [-0.4, -0.2) is 50.8 Å². The molecule has 0 fully saturated rings. The lowest BCUT2D eigenvalue weighted by atomic mass is 10.2. The molecule has 0 aromatic carbocycles. The lowest BCUT2D eigenvalue weighted by Gasteiger charge is -2.23. The molecule has 0 amide bonds. The second-order valence-corrected chi connectivity index (χ2v) is 4.24. The highest BCUT2D eigenvalue weighted by atomic mass is 16.5. The molecule has 4 nitrogen and oxygen atoms in total. The second-order valence-electron chi connectivity index (χ2n) is 4.24. The Morgan fingerprint density at radius 2 is 2.00 bits per heavy atom. The number of methoxy groups -OCH3 is 1. The molecule has 0 atom stereocenters. The van der Waals surface area contributed by atoms with Crippen LogP contribution in [0.1, 0.15) is 27.2 Å². The van der Waals surface area contributed by atoms with Crippen molar-refractivity contribution in [1.82, 2.24) is 4.90 Å². The smallest absolute Gasteiger partial charge is 0.307 e. The van der Waals surface area contributed by atoms with Crippen LogP contribution in [0.4, 0.5) is 0 Å². The van der Waals surface area contributed by atoms with Gasteiger partial charge in [0.1, 0.15) is 0 Å². The van der Waals surface area contributed by atoms with Crippen LogP contribution in [0.2, 0.25) is 0 Å². The van der Waals surface area contributed by atoms with Gasteiger partial charge in [0.25, 0.3) is 0 Å². The summed E-state index contributed by atoms with van der Waals surface area (Å²) in [6.07, 6.45) is 0.463. The Morgan fingerprint density at radius 1 is 1.31 bits per heavy atom. The Balaban J connectivity index is 3.85. The van der Waals surface area contributed by atoms with Crippen LogP contribution in [0.3, 0.4) is 0 Å². The van der Waals surface area contributed by atoms with Gasteiger partial charge in [-0.2, -0.15) is 0 Å². The first kappa shape index (κ1) is 15.4. The number of hydrogen-bond donors (Lipinski definition) is 0. The maximum absolute atomic E-state index is 11.2. The number of carbonyl (C=O) groups excluding carboxylic acids is 1. The van der Waals surface area contributed by atoms with E-state index in [9.17, 15) is 4.79 Å². The molecule has 0 rings (SSSR count). The zero-order valence-electron chi connectivity index (χ0n) is 11.0. The summed E-state index contributed by atoms with van der Waals surface area (Å²) in [4.78, 5) is 13.5. The van der Waals surface area contributed by atoms with E-state index in [0.717, 1.165) is 19.6 Å². The Labute approximate surface area is 98.9 Å². The molecule has 0 aromatic heterocycles. The molecular weight excluding hydrogens is 206 g/mol. The molecule has 0 aliphatic rings. The van der Waals surface area contributed by atoms with Crippen LogP contribution >= 0.6 is 0 Å². The zero-order valence-corrected chi connectivity index (χ0v) is 11.0. The van der Waals surface area contributed by atoms with Crippen molar-refractivity contribution in [2.75, 3.05) is 40.0 Å². The molecule has 16 heavy (non-hydrogen) atoms. The van der Waals surface area contributed by atoms with Gasteiger partial charge in [0.2, 0.25) is 0 Å². The minimum absolute atomic E-state index is 0.117. The van der Waals surface area contributed by atoms with Gasteiger partial charge >= 0.3 is 5.97 Å². The summed E-state index contributed by atoms with van der Waals surface area (Å²) in [5, 5.41) is 0. The fourth-order valence-corrected chi connectivity index (χ4v) is 1.51. The zero-order chi connectivity index (χ0) is 12.4. The Kier molecular flexibility index (Phi) is 9.24. The van der Waals surface area contributed by atoms with Gasteiger partial charge in [-0.05, 0) is 12.8 Å². The van der Waals surface area contributed by atoms with Crippen LogP contribution in [0.25, 0.3) is 0 Å². The van der Waals surface area contributed by atoms with Gasteiger partial charge in [-0.1, -0.05) is 13.8 Å². The molecule has 0 unspecified atom stereocenters. The fourth-order valence-electron chi connectivity index (χ4n) is 1.51. The number of esters is 1. The van der Waals surface area contributed by atoms with Crippen molar-refractivity contribution in [2.45, 2.75) is 27.2 Å². The lowest BCUT2D eigenvalue weighted by Crippen LogP contribution is -2.33. The van der Waals surface area contributed by atoms with Crippen LogP contribution in [0.5, 0.6) is 0 Å². The summed E-state index contributed by atoms with van der Waals surface area (Å²) >= 11 is 0. The Hall–Kier alpha value is -0.610. The van der Waals surface area contributed by atoms with E-state index in [1.165, 1.54) is 0 Å². The van der Waals surface area contributed by atoms with E-state index in [4.69, 9.17) is 9.47 Å². The summed E-state index contributed by atoms with van der Waals surface area (Å²) in [7, 11) is 1.69. The second kappa shape index (κ2) is 9.60. The Morgan fingerprint density at radius 3 is 2.50 bits per heavy atom. The first-order valence-electron chi connectivity index (χ1n) is 5.97. The number of nitrogens with zero attached hydrogens (tertiary/aromatic N) is 1. The maximum atomic E-state index is 11.2. The van der Waals surface area contributed by atoms with E-state index in [-0.39, 0.29) is 5.97 Å². The number of carbonyl (C=O) groups is 1. The van der Waals surface area contributed by atoms with Crippen LogP contribution in [-0.2, 0) is 14.3 Å². The fraction of sp³-hybridized carbons (Fsp3) is 0.917. The van der Waals surface area contributed by atoms with E-state index in [2.05, 4.69) is 18.7 Å². The van der Waals surface area contributed by atoms with E-state index in [1.807, 2.05) is 6.92 Å². The molecule has 0 bridgehead atoms. The third-order valence-electron chi connectivity index (χ3n) is 2.17. The minimum atomic E-state index is -0.117. The van der Waals surface area contributed by atoms with Crippen molar-refractivity contribution in [2.24, 2.45) is 5.92 Å². The largest absolute Gasteiger partial charge is 0.466 e. The summed E-state index contributed by atoms with van der Waals surface area (Å²) < 4.78 is 9.96. The molecule has 96 valence electrons. The molecule has 0 N–H and O–H groups in total. The molecule has 0 heterocycles. The van der Waals surface area contributed by atoms with E-state index < -0.39 is 0 Å². The highest BCUT2D eigenvalue weighted by molar-refractivity contribution is 5.69. The highest BCUT2D eigenvalue weighted by Gasteiger charge is 2.10. The monoisotopic (exact) mass is 231 g/mol. The lowest BCUT2D eigenvalue weighted by molar-refractivity contribution is -0.143. The van der Waals surface area contributed by atoms with Crippen molar-refractivity contribution in [3.05, 3.63) is 0 Å². The molecule has 0 aliphatic carbocycles. The summed E-state index contributed by atoms with van der Waals surface area (Å²) in [6, 6.07) is 0. The van der Waals surface area contributed by atoms with Crippen LogP contribution in [0.15, 0.2) is 0 Å². The van der Waals surface area contributed by atoms with E-state index in [0.29, 0.717) is 25.6 Å². The van der Waals surface area contributed by atoms with Crippen LogP contribution in [0, 0.1) is 5.92 Å². The molecule has 0 aromatic rings. The number of ether oxygens (including phenoxy) is 2. The minimum Gasteiger partial charge on any atom is -0.466 e. The van der Waals surface area contributed by atoms with Gasteiger partial charge in [-0.25, -0.2) is 0 Å². The van der Waals surface area contributed by atoms with Gasteiger partial charge in [0.15, 0.2) is 0 Å². The molecule has 0 saturated carbocycles. The SMILES string of the molecule is CCOC(=O)CCN(CCOC)CC(C)C. The van der Waals surface area contributed by atoms with Gasteiger partial charge in [-0.15, -0.1) is 0 Å². The van der Waals surface area contributed by atoms with Crippen molar-refractivity contribution in [3.8, 4) is 0 Å². The van der Waals surface area contributed by atoms with E-state index in [1.54, 1.807) is 7.11 Å². The quantitative estimate of drug-likeness (QED) is 0.564. The maximum Gasteiger partial charge on any atom is 0.307 e. The van der Waals surface area contributed by atoms with Gasteiger partial charge in [0.05, 0.1) is 19.6 Å². The first-order chi connectivity index (χ1) is 7.60. The number of hydrogen-bond acceptors (Lipinski definition) is 4. The standard InChI is InChI=1S/C12H25NO3/c1-5-16-12(14)6-7-13(8-9-15-4)10-11(2)3/h11H,5-10H2,1-4H3. The predicted molar refractivity (Wildman–Crippen MR) is 64.4 cm³/mol. The van der Waals surface area contributed by atoms with Crippen molar-refractivity contribution in [1.29, 1.82) is 0 Å². The van der Waals surface area contributed by atoms with Gasteiger partial charge in [0, 0.05) is 26.7 Å². The molecule has 0 aliphatic heterocycles. The summed E-state index contributed by atoms with van der Waals surface area (Å²) in [5.41, 5.74) is 0. The van der Waals surface area contributed by atoms with Crippen molar-refractivity contribution < 1.29 is 14.3 Å². The normalized spacial score (nSPS) is 11.1. The highest BCUT2D eigenvalue weighted by Crippen LogP contribution is 2.00. The topological polar surface area (TPSA) is 38.8 Å². The predicted octanol–water partition coefficient (Wildman–Crippen LogP) is 1.54. The number of rotatable bonds is 9. The molecular formula is C12H25NO3. The first-order valence-corrected chi connectivity index (χ1v) is 5.97. The molecule has 0 radical (unpaired) electrons. The molecule has 4 heteroatoms. The average molecular weight is 231 g/mol. The van der Waals surface area contributed by atoms with Gasteiger partial charge in [-0.3, -0.25) is 4.79 Å². The van der Waals surface area contributed by atoms with Crippen molar-refractivity contribution in [3.63, 3.8) is 0 Å². The van der Waals surface area contributed by atoms with Crippen molar-refractivity contribution >= 4 is 5.97 Å². The average Bonchev–Trinajstić information content (AvgIpc) is 2.22.